The van der Waals surface area contributed by atoms with Crippen molar-refractivity contribution in [1.29, 1.82) is 0 Å². The molecule has 0 spiro atoms. The van der Waals surface area contributed by atoms with Gasteiger partial charge in [0.25, 0.3) is 0 Å². The molecule has 0 aromatic heterocycles. The van der Waals surface area contributed by atoms with Crippen LogP contribution in [0.3, 0.4) is 0 Å². The van der Waals surface area contributed by atoms with Crippen LogP contribution in [0.25, 0.3) is 0 Å². The van der Waals surface area contributed by atoms with Crippen molar-refractivity contribution in [3.63, 3.8) is 0 Å². The normalized spacial score (nSPS) is 12.0. The van der Waals surface area contributed by atoms with Crippen LogP contribution in [0.5, 0.6) is 0 Å². The van der Waals surface area contributed by atoms with E-state index in [9.17, 15) is 9.59 Å². The van der Waals surface area contributed by atoms with Crippen LogP contribution in [-0.2, 0) is 4.74 Å². The van der Waals surface area contributed by atoms with Gasteiger partial charge in [0.05, 0.1) is 0 Å². The number of carbonyl (C=O) groups is 2. The zero-order chi connectivity index (χ0) is 12.4. The Kier molecular flexibility index (Phi) is 9.20. The molecule has 7 heteroatoms. The molecule has 0 heterocycles. The highest BCUT2D eigenvalue weighted by atomic mass is 16.7. The zero-order valence-electron chi connectivity index (χ0n) is 8.17. The van der Waals surface area contributed by atoms with Crippen molar-refractivity contribution in [2.45, 2.75) is 26.1 Å². The third-order valence-corrected chi connectivity index (χ3v) is 0.676. The van der Waals surface area contributed by atoms with Crippen molar-refractivity contribution in [1.82, 2.24) is 0 Å². The first-order valence-corrected chi connectivity index (χ1v) is 3.76. The maximum atomic E-state index is 9.21. The number of aliphatic hydroxyl groups excluding tert-OH is 2. The molecule has 0 rings (SSSR count). The number of hydrogen-bond acceptors (Lipinski definition) is 5. The number of ether oxygens (including phenoxy) is 1. The van der Waals surface area contributed by atoms with E-state index in [1.807, 2.05) is 0 Å². The standard InChI is InChI=1S/C6H10O2.C2H2O5/c1-5(7)3-4-6(2)8;3-1(4)7-2(5)6/h5-8H,1-2H3;(H,3,4)(H,5,6). The second kappa shape index (κ2) is 8.80. The van der Waals surface area contributed by atoms with Gasteiger partial charge in [-0.25, -0.2) is 9.59 Å². The molecule has 0 bridgehead atoms. The van der Waals surface area contributed by atoms with Crippen molar-refractivity contribution >= 4 is 12.3 Å². The lowest BCUT2D eigenvalue weighted by molar-refractivity contribution is 0.0802. The molecular weight excluding hydrogens is 208 g/mol. The highest BCUT2D eigenvalue weighted by molar-refractivity contribution is 5.74. The summed E-state index contributed by atoms with van der Waals surface area (Å²) in [6.07, 6.45) is -4.89. The highest BCUT2D eigenvalue weighted by Crippen LogP contribution is 1.76. The zero-order valence-corrected chi connectivity index (χ0v) is 8.17. The Labute approximate surface area is 85.9 Å². The second-order valence-corrected chi connectivity index (χ2v) is 2.27. The average Bonchev–Trinajstić information content (AvgIpc) is 1.99. The molecule has 2 atom stereocenters. The molecule has 2 unspecified atom stereocenters. The topological polar surface area (TPSA) is 124 Å². The van der Waals surface area contributed by atoms with E-state index in [0.29, 0.717) is 0 Å². The Morgan fingerprint density at radius 2 is 1.27 bits per heavy atom. The third kappa shape index (κ3) is 24.5. The summed E-state index contributed by atoms with van der Waals surface area (Å²) in [7, 11) is 0. The SMILES string of the molecule is CC(O)C#CC(C)O.O=C(O)OC(=O)O. The molecule has 0 fully saturated rings. The predicted molar refractivity (Wildman–Crippen MR) is 48.3 cm³/mol. The smallest absolute Gasteiger partial charge is 0.449 e. The predicted octanol–water partition coefficient (Wildman–Crippen LogP) is 0.110. The number of rotatable bonds is 0. The van der Waals surface area contributed by atoms with Crippen molar-refractivity contribution in [3.05, 3.63) is 0 Å². The Bertz CT molecular complexity index is 234. The van der Waals surface area contributed by atoms with Gasteiger partial charge in [-0.1, -0.05) is 11.8 Å². The van der Waals surface area contributed by atoms with Crippen LogP contribution in [0.15, 0.2) is 0 Å². The van der Waals surface area contributed by atoms with Gasteiger partial charge in [-0.05, 0) is 13.8 Å². The van der Waals surface area contributed by atoms with Crippen LogP contribution in [-0.4, -0.2) is 44.9 Å². The first-order valence-electron chi connectivity index (χ1n) is 3.76. The fourth-order valence-electron chi connectivity index (χ4n) is 0.316. The Balaban J connectivity index is 0. The largest absolute Gasteiger partial charge is 0.516 e. The minimum Gasteiger partial charge on any atom is -0.449 e. The minimum absolute atomic E-state index is 0.635. The maximum Gasteiger partial charge on any atom is 0.516 e. The van der Waals surface area contributed by atoms with Gasteiger partial charge in [0.15, 0.2) is 0 Å². The van der Waals surface area contributed by atoms with E-state index < -0.39 is 24.5 Å². The van der Waals surface area contributed by atoms with Gasteiger partial charge in [0, 0.05) is 0 Å². The van der Waals surface area contributed by atoms with Gasteiger partial charge < -0.3 is 25.2 Å². The van der Waals surface area contributed by atoms with E-state index in [0.717, 1.165) is 0 Å². The molecule has 0 radical (unpaired) electrons. The van der Waals surface area contributed by atoms with Crippen molar-refractivity contribution in [2.75, 3.05) is 0 Å². The van der Waals surface area contributed by atoms with Crippen molar-refractivity contribution in [3.8, 4) is 11.8 Å². The third-order valence-electron chi connectivity index (χ3n) is 0.676. The van der Waals surface area contributed by atoms with Gasteiger partial charge in [0.1, 0.15) is 12.2 Å². The number of hydrogen-bond donors (Lipinski definition) is 4. The molecule has 4 N–H and O–H groups in total. The summed E-state index contributed by atoms with van der Waals surface area (Å²) in [5.74, 6) is 4.80. The molecule has 0 aliphatic heterocycles. The van der Waals surface area contributed by atoms with Crippen LogP contribution in [0.1, 0.15) is 13.8 Å². The Morgan fingerprint density at radius 3 is 1.33 bits per heavy atom. The average molecular weight is 220 g/mol. The first kappa shape index (κ1) is 15.7. The van der Waals surface area contributed by atoms with Gasteiger partial charge in [-0.2, -0.15) is 0 Å². The van der Waals surface area contributed by atoms with Gasteiger partial charge >= 0.3 is 12.3 Å². The first-order chi connectivity index (χ1) is 6.75. The monoisotopic (exact) mass is 220 g/mol. The molecule has 86 valence electrons. The molecule has 0 aromatic carbocycles. The van der Waals surface area contributed by atoms with Crippen LogP contribution < -0.4 is 0 Å². The summed E-state index contributed by atoms with van der Waals surface area (Å²) in [6.45, 7) is 3.10. The lowest BCUT2D eigenvalue weighted by Gasteiger charge is -1.89. The number of carboxylic acid groups (broad SMARTS) is 2. The van der Waals surface area contributed by atoms with Gasteiger partial charge in [0.2, 0.25) is 0 Å². The van der Waals surface area contributed by atoms with Crippen LogP contribution in [0, 0.1) is 11.8 Å². The molecule has 0 aliphatic rings. The maximum absolute atomic E-state index is 9.21. The molecule has 0 amide bonds. The van der Waals surface area contributed by atoms with Gasteiger partial charge in [-0.15, -0.1) is 0 Å². The molecule has 0 saturated carbocycles. The quantitative estimate of drug-likeness (QED) is 0.259. The van der Waals surface area contributed by atoms with E-state index in [4.69, 9.17) is 20.4 Å². The van der Waals surface area contributed by atoms with Crippen LogP contribution >= 0.6 is 0 Å². The lowest BCUT2D eigenvalue weighted by Crippen LogP contribution is -2.05. The van der Waals surface area contributed by atoms with Crippen molar-refractivity contribution < 1.29 is 34.8 Å². The molecule has 0 saturated heterocycles. The summed E-state index contributed by atoms with van der Waals surface area (Å²) in [5, 5.41) is 32.0. The van der Waals surface area contributed by atoms with E-state index >= 15 is 0 Å². The van der Waals surface area contributed by atoms with Gasteiger partial charge in [-0.3, -0.25) is 0 Å². The molecule has 0 aliphatic carbocycles. The highest BCUT2D eigenvalue weighted by Gasteiger charge is 2.01. The fraction of sp³-hybridized carbons (Fsp3) is 0.500. The minimum atomic E-state index is -1.81. The lowest BCUT2D eigenvalue weighted by atomic mass is 10.3. The van der Waals surface area contributed by atoms with Crippen molar-refractivity contribution in [2.24, 2.45) is 0 Å². The Hall–Kier alpha value is -1.78. The van der Waals surface area contributed by atoms with E-state index in [1.165, 1.54) is 0 Å². The summed E-state index contributed by atoms with van der Waals surface area (Å²) in [6, 6.07) is 0. The van der Waals surface area contributed by atoms with E-state index in [2.05, 4.69) is 16.6 Å². The summed E-state index contributed by atoms with van der Waals surface area (Å²) in [4.78, 5) is 18.4. The summed E-state index contributed by atoms with van der Waals surface area (Å²) >= 11 is 0. The Morgan fingerprint density at radius 1 is 1.00 bits per heavy atom. The second-order valence-electron chi connectivity index (χ2n) is 2.27. The van der Waals surface area contributed by atoms with Crippen LogP contribution in [0.2, 0.25) is 0 Å². The van der Waals surface area contributed by atoms with E-state index in [1.54, 1.807) is 13.8 Å². The summed E-state index contributed by atoms with van der Waals surface area (Å²) < 4.78 is 3.08. The van der Waals surface area contributed by atoms with Crippen LogP contribution in [0.4, 0.5) is 9.59 Å². The van der Waals surface area contributed by atoms with E-state index in [-0.39, 0.29) is 0 Å². The summed E-state index contributed by atoms with van der Waals surface area (Å²) in [5.41, 5.74) is 0. The molecule has 15 heavy (non-hydrogen) atoms. The molecule has 0 aromatic rings. The molecule has 7 nitrogen and oxygen atoms in total. The fourth-order valence-corrected chi connectivity index (χ4v) is 0.316. The molecular formula is C8H12O7. The number of aliphatic hydroxyl groups is 2.